The minimum Gasteiger partial charge on any atom is -0.351 e. The van der Waals surface area contributed by atoms with E-state index in [2.05, 4.69) is 43.0 Å². The van der Waals surface area contributed by atoms with Gasteiger partial charge in [0.05, 0.1) is 17.5 Å². The highest BCUT2D eigenvalue weighted by Gasteiger charge is 2.43. The number of carbonyl (C=O) groups excluding carboxylic acids is 1. The fourth-order valence-corrected chi connectivity index (χ4v) is 5.35. The summed E-state index contributed by atoms with van der Waals surface area (Å²) < 4.78 is 0. The zero-order chi connectivity index (χ0) is 20.1. The largest absolute Gasteiger partial charge is 0.351 e. The van der Waals surface area contributed by atoms with Crippen LogP contribution in [0.1, 0.15) is 29.6 Å². The summed E-state index contributed by atoms with van der Waals surface area (Å²) in [5.41, 5.74) is 1.67. The molecule has 2 aliphatic rings. The second kappa shape index (κ2) is 6.83. The van der Waals surface area contributed by atoms with Crippen molar-refractivity contribution in [2.45, 2.75) is 31.3 Å². The van der Waals surface area contributed by atoms with Gasteiger partial charge in [0.1, 0.15) is 17.8 Å². The number of H-pyrrole nitrogens is 1. The molecular weight excluding hydrogens is 374 g/mol. The standard InChI is InChI=1S/C24H23N5O/c30-24(18-8-3-6-16-5-1-2-7-17(16)18)29-13-4-9-20-21(29)11-14-28(20)23-19-10-12-25-22(19)26-15-27-23/h1-3,5-8,10,12,15,20-21H,4,9,11,13-14H2,(H,25,26,27)/t20-,21-/m1/s1. The maximum absolute atomic E-state index is 13.6. The van der Waals surface area contributed by atoms with Crippen molar-refractivity contribution in [3.63, 3.8) is 0 Å². The summed E-state index contributed by atoms with van der Waals surface area (Å²) in [7, 11) is 0. The van der Waals surface area contributed by atoms with Crippen LogP contribution in [0.4, 0.5) is 5.82 Å². The number of benzene rings is 2. The number of hydrogen-bond acceptors (Lipinski definition) is 4. The third kappa shape index (κ3) is 2.60. The van der Waals surface area contributed by atoms with Gasteiger partial charge in [-0.25, -0.2) is 9.97 Å². The zero-order valence-corrected chi connectivity index (χ0v) is 16.7. The lowest BCUT2D eigenvalue weighted by atomic mass is 9.94. The Balaban J connectivity index is 1.35. The van der Waals surface area contributed by atoms with Crippen LogP contribution in [0.5, 0.6) is 0 Å². The molecule has 0 radical (unpaired) electrons. The number of piperidine rings is 1. The number of nitrogens with zero attached hydrogens (tertiary/aromatic N) is 4. The van der Waals surface area contributed by atoms with Gasteiger partial charge >= 0.3 is 0 Å². The van der Waals surface area contributed by atoms with Crippen molar-refractivity contribution < 1.29 is 4.79 Å². The molecule has 2 aromatic carbocycles. The van der Waals surface area contributed by atoms with E-state index in [4.69, 9.17) is 0 Å². The van der Waals surface area contributed by atoms with Crippen LogP contribution in [-0.4, -0.2) is 50.9 Å². The maximum Gasteiger partial charge on any atom is 0.254 e. The quantitative estimate of drug-likeness (QED) is 0.555. The molecular formula is C24H23N5O. The van der Waals surface area contributed by atoms with Crippen LogP contribution in [-0.2, 0) is 0 Å². The molecule has 0 unspecified atom stereocenters. The third-order valence-corrected chi connectivity index (χ3v) is 6.70. The maximum atomic E-state index is 13.6. The van der Waals surface area contributed by atoms with Gasteiger partial charge in [-0.3, -0.25) is 4.79 Å². The van der Waals surface area contributed by atoms with Gasteiger partial charge in [-0.15, -0.1) is 0 Å². The second-order valence-electron chi connectivity index (χ2n) is 8.22. The lowest BCUT2D eigenvalue weighted by Gasteiger charge is -2.40. The number of carbonyl (C=O) groups is 1. The Bertz CT molecular complexity index is 1240. The number of likely N-dealkylation sites (tertiary alicyclic amines) is 1. The smallest absolute Gasteiger partial charge is 0.254 e. The molecule has 1 amide bonds. The summed E-state index contributed by atoms with van der Waals surface area (Å²) >= 11 is 0. The Morgan fingerprint density at radius 1 is 0.933 bits per heavy atom. The molecule has 0 aliphatic carbocycles. The van der Waals surface area contributed by atoms with Gasteiger partial charge in [0.15, 0.2) is 0 Å². The molecule has 2 aliphatic heterocycles. The summed E-state index contributed by atoms with van der Waals surface area (Å²) in [5, 5.41) is 3.20. The molecule has 6 rings (SSSR count). The number of nitrogens with one attached hydrogen (secondary N) is 1. The van der Waals surface area contributed by atoms with Gasteiger partial charge in [0, 0.05) is 24.8 Å². The van der Waals surface area contributed by atoms with E-state index >= 15 is 0 Å². The summed E-state index contributed by atoms with van der Waals surface area (Å²) in [5.74, 6) is 1.13. The average molecular weight is 397 g/mol. The van der Waals surface area contributed by atoms with Gasteiger partial charge in [-0.05, 0) is 42.2 Å². The summed E-state index contributed by atoms with van der Waals surface area (Å²) in [6.07, 6.45) is 6.60. The van der Waals surface area contributed by atoms with Crippen LogP contribution in [0.25, 0.3) is 21.8 Å². The number of amides is 1. The zero-order valence-electron chi connectivity index (χ0n) is 16.7. The van der Waals surface area contributed by atoms with E-state index in [0.29, 0.717) is 6.04 Å². The topological polar surface area (TPSA) is 65.1 Å². The highest BCUT2D eigenvalue weighted by atomic mass is 16.2. The molecule has 150 valence electrons. The van der Waals surface area contributed by atoms with Crippen molar-refractivity contribution in [2.24, 2.45) is 0 Å². The Morgan fingerprint density at radius 2 is 1.83 bits per heavy atom. The van der Waals surface area contributed by atoms with Crippen molar-refractivity contribution >= 4 is 33.5 Å². The minimum atomic E-state index is 0.151. The van der Waals surface area contributed by atoms with Crippen LogP contribution in [0.15, 0.2) is 61.1 Å². The molecule has 6 nitrogen and oxygen atoms in total. The average Bonchev–Trinajstić information content (AvgIpc) is 3.45. The minimum absolute atomic E-state index is 0.151. The molecule has 6 heteroatoms. The van der Waals surface area contributed by atoms with Gasteiger partial charge < -0.3 is 14.8 Å². The Morgan fingerprint density at radius 3 is 2.80 bits per heavy atom. The Labute approximate surface area is 174 Å². The lowest BCUT2D eigenvalue weighted by molar-refractivity contribution is 0.0610. The van der Waals surface area contributed by atoms with Crippen LogP contribution in [0.3, 0.4) is 0 Å². The molecule has 2 atom stereocenters. The van der Waals surface area contributed by atoms with Crippen molar-refractivity contribution in [1.29, 1.82) is 0 Å². The first-order chi connectivity index (χ1) is 14.8. The van der Waals surface area contributed by atoms with Gasteiger partial charge in [0.25, 0.3) is 5.91 Å². The first-order valence-corrected chi connectivity index (χ1v) is 10.6. The fraction of sp³-hybridized carbons (Fsp3) is 0.292. The number of hydrogen-bond donors (Lipinski definition) is 1. The number of fused-ring (bicyclic) bond motifs is 3. The van der Waals surface area contributed by atoms with E-state index in [1.807, 2.05) is 36.5 Å². The number of aromatic amines is 1. The molecule has 4 heterocycles. The highest BCUT2D eigenvalue weighted by Crippen LogP contribution is 2.37. The van der Waals surface area contributed by atoms with E-state index in [1.54, 1.807) is 6.33 Å². The molecule has 0 spiro atoms. The Hall–Kier alpha value is -3.41. The number of aromatic nitrogens is 3. The van der Waals surface area contributed by atoms with Crippen LogP contribution >= 0.6 is 0 Å². The second-order valence-corrected chi connectivity index (χ2v) is 8.22. The molecule has 2 aromatic heterocycles. The molecule has 0 saturated carbocycles. The van der Waals surface area contributed by atoms with E-state index in [9.17, 15) is 4.79 Å². The van der Waals surface area contributed by atoms with Crippen molar-refractivity contribution in [3.8, 4) is 0 Å². The van der Waals surface area contributed by atoms with E-state index in [0.717, 1.165) is 65.5 Å². The molecule has 2 saturated heterocycles. The normalized spacial score (nSPS) is 21.3. The Kier molecular flexibility index (Phi) is 3.97. The van der Waals surface area contributed by atoms with Crippen molar-refractivity contribution in [2.75, 3.05) is 18.0 Å². The number of anilines is 1. The van der Waals surface area contributed by atoms with Crippen molar-refractivity contribution in [3.05, 3.63) is 66.6 Å². The first kappa shape index (κ1) is 17.4. The molecule has 1 N–H and O–H groups in total. The van der Waals surface area contributed by atoms with Gasteiger partial charge in [0.2, 0.25) is 0 Å². The molecule has 30 heavy (non-hydrogen) atoms. The molecule has 4 aromatic rings. The SMILES string of the molecule is O=C(c1cccc2ccccc12)N1CCC[C@@H]2[C@H]1CCN2c1ncnc2[nH]ccc12. The van der Waals surface area contributed by atoms with E-state index in [-0.39, 0.29) is 11.9 Å². The first-order valence-electron chi connectivity index (χ1n) is 10.6. The van der Waals surface area contributed by atoms with E-state index in [1.165, 1.54) is 0 Å². The summed E-state index contributed by atoms with van der Waals surface area (Å²) in [4.78, 5) is 30.3. The molecule has 2 fully saturated rings. The highest BCUT2D eigenvalue weighted by molar-refractivity contribution is 6.07. The van der Waals surface area contributed by atoms with Crippen LogP contribution in [0, 0.1) is 0 Å². The summed E-state index contributed by atoms with van der Waals surface area (Å²) in [6, 6.07) is 16.7. The van der Waals surface area contributed by atoms with Gasteiger partial charge in [-0.2, -0.15) is 0 Å². The summed E-state index contributed by atoms with van der Waals surface area (Å²) in [6.45, 7) is 1.73. The predicted octanol–water partition coefficient (Wildman–Crippen LogP) is 3.99. The monoisotopic (exact) mass is 397 g/mol. The number of rotatable bonds is 2. The van der Waals surface area contributed by atoms with Crippen molar-refractivity contribution in [1.82, 2.24) is 19.9 Å². The molecule has 0 bridgehead atoms. The third-order valence-electron chi connectivity index (χ3n) is 6.70. The fourth-order valence-electron chi connectivity index (χ4n) is 5.35. The predicted molar refractivity (Wildman–Crippen MR) is 118 cm³/mol. The van der Waals surface area contributed by atoms with Crippen LogP contribution in [0.2, 0.25) is 0 Å². The lowest BCUT2D eigenvalue weighted by Crippen LogP contribution is -2.52. The van der Waals surface area contributed by atoms with Crippen LogP contribution < -0.4 is 4.90 Å². The van der Waals surface area contributed by atoms with Gasteiger partial charge in [-0.1, -0.05) is 36.4 Å². The van der Waals surface area contributed by atoms with E-state index < -0.39 is 0 Å².